The van der Waals surface area contributed by atoms with E-state index in [1.165, 1.54) is 11.3 Å². The van der Waals surface area contributed by atoms with Crippen LogP contribution in [0.2, 0.25) is 0 Å². The van der Waals surface area contributed by atoms with Gasteiger partial charge in [-0.25, -0.2) is 4.79 Å². The average molecular weight is 467 g/mol. The summed E-state index contributed by atoms with van der Waals surface area (Å²) in [6.07, 6.45) is 3.39. The minimum Gasteiger partial charge on any atom is -0.490 e. The number of carbonyl (C=O) groups is 2. The third-order valence-electron chi connectivity index (χ3n) is 6.21. The van der Waals surface area contributed by atoms with E-state index < -0.39 is 5.97 Å². The molecule has 3 heterocycles. The highest BCUT2D eigenvalue weighted by Gasteiger charge is 2.29. The monoisotopic (exact) mass is 466 g/mol. The molecule has 1 atom stereocenters. The van der Waals surface area contributed by atoms with Crippen molar-refractivity contribution in [2.24, 2.45) is 0 Å². The van der Waals surface area contributed by atoms with Gasteiger partial charge >= 0.3 is 5.97 Å². The first-order chi connectivity index (χ1) is 16.1. The van der Waals surface area contributed by atoms with Crippen molar-refractivity contribution in [1.82, 2.24) is 4.90 Å². The zero-order valence-electron chi connectivity index (χ0n) is 18.2. The zero-order valence-corrected chi connectivity index (χ0v) is 19.0. The van der Waals surface area contributed by atoms with Gasteiger partial charge in [-0.3, -0.25) is 9.69 Å². The molecule has 2 aliphatic heterocycles. The summed E-state index contributed by atoms with van der Waals surface area (Å²) < 4.78 is 12.3. The van der Waals surface area contributed by atoms with Crippen LogP contribution in [-0.4, -0.2) is 54.2 Å². The number of rotatable bonds is 6. The molecule has 8 heteroatoms. The summed E-state index contributed by atoms with van der Waals surface area (Å²) >= 11 is 1.33. The summed E-state index contributed by atoms with van der Waals surface area (Å²) in [7, 11) is 0. The number of anilines is 1. The lowest BCUT2D eigenvalue weighted by molar-refractivity contribution is -0.117. The van der Waals surface area contributed by atoms with Crippen molar-refractivity contribution in [1.29, 1.82) is 0 Å². The second kappa shape index (κ2) is 9.41. The van der Waals surface area contributed by atoms with Crippen molar-refractivity contribution < 1.29 is 24.2 Å². The fourth-order valence-electron chi connectivity index (χ4n) is 4.67. The summed E-state index contributed by atoms with van der Waals surface area (Å²) in [5, 5.41) is 13.7. The quantitative estimate of drug-likeness (QED) is 0.560. The first-order valence-corrected chi connectivity index (χ1v) is 12.1. The van der Waals surface area contributed by atoms with Gasteiger partial charge in [-0.2, -0.15) is 0 Å². The minimum absolute atomic E-state index is 0.0926. The number of amides is 1. The molecule has 0 saturated carbocycles. The Bertz CT molecular complexity index is 1190. The molecule has 1 amide bonds. The molecule has 0 spiro atoms. The first-order valence-electron chi connectivity index (χ1n) is 11.3. The van der Waals surface area contributed by atoms with Crippen LogP contribution in [0.1, 0.15) is 34.5 Å². The molecule has 3 aromatic rings. The highest BCUT2D eigenvalue weighted by Crippen LogP contribution is 2.35. The number of likely N-dealkylation sites (tertiary alicyclic amines) is 1. The summed E-state index contributed by atoms with van der Waals surface area (Å²) in [4.78, 5) is 27.3. The van der Waals surface area contributed by atoms with Crippen LogP contribution in [0.15, 0.2) is 42.5 Å². The molecule has 0 unspecified atom stereocenters. The van der Waals surface area contributed by atoms with E-state index in [0.717, 1.165) is 41.5 Å². The van der Waals surface area contributed by atoms with Gasteiger partial charge in [0.1, 0.15) is 4.88 Å². The lowest BCUT2D eigenvalue weighted by Crippen LogP contribution is -2.38. The number of benzene rings is 2. The van der Waals surface area contributed by atoms with Crippen molar-refractivity contribution in [2.45, 2.75) is 31.7 Å². The number of hydrogen-bond donors (Lipinski definition) is 2. The number of fused-ring (bicyclic) bond motifs is 2. The van der Waals surface area contributed by atoms with Gasteiger partial charge < -0.3 is 19.9 Å². The lowest BCUT2D eigenvalue weighted by Gasteiger charge is -2.24. The Hall–Kier alpha value is -3.10. The van der Waals surface area contributed by atoms with E-state index in [2.05, 4.69) is 10.2 Å². The summed E-state index contributed by atoms with van der Waals surface area (Å²) in [5.41, 5.74) is 1.56. The average Bonchev–Trinajstić information content (AvgIpc) is 3.31. The normalized spacial score (nSPS) is 18.2. The number of nitrogens with one attached hydrogen (secondary N) is 1. The number of aromatic carboxylic acids is 1. The van der Waals surface area contributed by atoms with Crippen LogP contribution in [0.3, 0.4) is 0 Å². The molecular weight excluding hydrogens is 440 g/mol. The SMILES string of the molecule is O=C(CN1CCC[C@H]1Cc1c(C(=O)O)sc2ccccc12)Nc1ccc2c(c1)OCCCO2. The Morgan fingerprint density at radius 1 is 1.09 bits per heavy atom. The highest BCUT2D eigenvalue weighted by atomic mass is 32.1. The van der Waals surface area contributed by atoms with E-state index in [9.17, 15) is 14.7 Å². The fraction of sp³-hybridized carbons (Fsp3) is 0.360. The number of ether oxygens (including phenoxy) is 2. The van der Waals surface area contributed by atoms with Gasteiger partial charge in [-0.05, 0) is 55.0 Å². The first kappa shape index (κ1) is 21.7. The zero-order chi connectivity index (χ0) is 22.8. The van der Waals surface area contributed by atoms with Crippen LogP contribution in [0.5, 0.6) is 11.5 Å². The predicted molar refractivity (Wildman–Crippen MR) is 128 cm³/mol. The molecule has 172 valence electrons. The Balaban J connectivity index is 1.28. The molecule has 2 N–H and O–H groups in total. The van der Waals surface area contributed by atoms with Gasteiger partial charge in [0, 0.05) is 28.9 Å². The van der Waals surface area contributed by atoms with Crippen LogP contribution in [0.4, 0.5) is 5.69 Å². The number of thiophene rings is 1. The van der Waals surface area contributed by atoms with Crippen molar-refractivity contribution in [2.75, 3.05) is 31.6 Å². The van der Waals surface area contributed by atoms with Crippen molar-refractivity contribution >= 4 is 39.0 Å². The van der Waals surface area contributed by atoms with Crippen LogP contribution < -0.4 is 14.8 Å². The fourth-order valence-corrected chi connectivity index (χ4v) is 5.74. The van der Waals surface area contributed by atoms with E-state index >= 15 is 0 Å². The number of nitrogens with zero attached hydrogens (tertiary/aromatic N) is 1. The number of carboxylic acids is 1. The van der Waals surface area contributed by atoms with E-state index in [1.54, 1.807) is 6.07 Å². The van der Waals surface area contributed by atoms with Gasteiger partial charge in [0.2, 0.25) is 5.91 Å². The second-order valence-electron chi connectivity index (χ2n) is 8.44. The van der Waals surface area contributed by atoms with Crippen LogP contribution in [0, 0.1) is 0 Å². The largest absolute Gasteiger partial charge is 0.490 e. The Morgan fingerprint density at radius 2 is 1.91 bits per heavy atom. The molecule has 2 aromatic carbocycles. The standard InChI is InChI=1S/C25H26N2O5S/c28-23(26-16-8-9-20-21(13-16)32-12-4-11-31-20)15-27-10-3-5-17(27)14-19-18-6-1-2-7-22(18)33-24(19)25(29)30/h1-2,6-9,13,17H,3-5,10-12,14-15H2,(H,26,28)(H,29,30)/t17-/m0/s1. The number of carbonyl (C=O) groups excluding carboxylic acids is 1. The molecule has 2 aliphatic rings. The molecule has 0 radical (unpaired) electrons. The molecule has 1 saturated heterocycles. The van der Waals surface area contributed by atoms with Crippen molar-refractivity contribution in [3.63, 3.8) is 0 Å². The summed E-state index contributed by atoms with van der Waals surface area (Å²) in [5.74, 6) is 0.366. The number of hydrogen-bond acceptors (Lipinski definition) is 6. The molecule has 1 aromatic heterocycles. The van der Waals surface area contributed by atoms with Gasteiger partial charge in [0.05, 0.1) is 19.8 Å². The van der Waals surface area contributed by atoms with Crippen LogP contribution in [-0.2, 0) is 11.2 Å². The third-order valence-corrected chi connectivity index (χ3v) is 7.41. The van der Waals surface area contributed by atoms with Crippen LogP contribution in [0.25, 0.3) is 10.1 Å². The van der Waals surface area contributed by atoms with Gasteiger partial charge in [-0.1, -0.05) is 18.2 Å². The van der Waals surface area contributed by atoms with Gasteiger partial charge in [0.15, 0.2) is 11.5 Å². The third kappa shape index (κ3) is 4.67. The van der Waals surface area contributed by atoms with E-state index in [0.29, 0.717) is 41.7 Å². The molecule has 0 aliphatic carbocycles. The van der Waals surface area contributed by atoms with Gasteiger partial charge in [0.25, 0.3) is 0 Å². The molecule has 1 fully saturated rings. The van der Waals surface area contributed by atoms with E-state index in [-0.39, 0.29) is 18.5 Å². The Morgan fingerprint density at radius 3 is 2.76 bits per heavy atom. The maximum atomic E-state index is 12.8. The highest BCUT2D eigenvalue weighted by molar-refractivity contribution is 7.21. The molecule has 0 bridgehead atoms. The topological polar surface area (TPSA) is 88.1 Å². The Kier molecular flexibility index (Phi) is 6.20. The second-order valence-corrected chi connectivity index (χ2v) is 9.49. The summed E-state index contributed by atoms with van der Waals surface area (Å²) in [6.45, 7) is 2.31. The van der Waals surface area contributed by atoms with E-state index in [1.807, 2.05) is 36.4 Å². The molecule has 33 heavy (non-hydrogen) atoms. The lowest BCUT2D eigenvalue weighted by atomic mass is 10.0. The smallest absolute Gasteiger partial charge is 0.346 e. The molecule has 5 rings (SSSR count). The van der Waals surface area contributed by atoms with Crippen LogP contribution >= 0.6 is 11.3 Å². The van der Waals surface area contributed by atoms with Gasteiger partial charge in [-0.15, -0.1) is 11.3 Å². The van der Waals surface area contributed by atoms with E-state index in [4.69, 9.17) is 9.47 Å². The maximum Gasteiger partial charge on any atom is 0.346 e. The van der Waals surface area contributed by atoms with Crippen molar-refractivity contribution in [3.8, 4) is 11.5 Å². The molecular formula is C25H26N2O5S. The minimum atomic E-state index is -0.886. The maximum absolute atomic E-state index is 12.8. The Labute approximate surface area is 195 Å². The van der Waals surface area contributed by atoms with Crippen molar-refractivity contribution in [3.05, 3.63) is 52.9 Å². The predicted octanol–water partition coefficient (Wildman–Crippen LogP) is 4.41. The molecule has 7 nitrogen and oxygen atoms in total. The summed E-state index contributed by atoms with van der Waals surface area (Å²) in [6, 6.07) is 13.4. The number of carboxylic acid groups (broad SMARTS) is 1.